The summed E-state index contributed by atoms with van der Waals surface area (Å²) in [6, 6.07) is 9.58. The van der Waals surface area contributed by atoms with Crippen LogP contribution in [0.25, 0.3) is 0 Å². The van der Waals surface area contributed by atoms with Crippen molar-refractivity contribution in [2.24, 2.45) is 10.9 Å². The average Bonchev–Trinajstić information content (AvgIpc) is 2.67. The number of carbonyl (C=O) groups excluding carboxylic acids is 2. The second-order valence-corrected chi connectivity index (χ2v) is 6.76. The van der Waals surface area contributed by atoms with Crippen LogP contribution in [0, 0.1) is 23.0 Å². The summed E-state index contributed by atoms with van der Waals surface area (Å²) in [4.78, 5) is 38.8. The predicted molar refractivity (Wildman–Crippen MR) is 104 cm³/mol. The summed E-state index contributed by atoms with van der Waals surface area (Å²) in [5.41, 5.74) is 1.88. The molecule has 0 aromatic heterocycles. The van der Waals surface area contributed by atoms with Gasteiger partial charge in [-0.05, 0) is 31.0 Å². The maximum atomic E-state index is 12.8. The van der Waals surface area contributed by atoms with E-state index in [4.69, 9.17) is 4.74 Å². The van der Waals surface area contributed by atoms with Gasteiger partial charge in [-0.1, -0.05) is 35.9 Å². The maximum Gasteiger partial charge on any atom is 0.341 e. The Labute approximate surface area is 166 Å². The third-order valence-electron chi connectivity index (χ3n) is 4.65. The van der Waals surface area contributed by atoms with Gasteiger partial charge in [-0.2, -0.15) is 0 Å². The van der Waals surface area contributed by atoms with Crippen molar-refractivity contribution in [3.63, 3.8) is 0 Å². The number of aromatic hydroxyl groups is 1. The molecule has 2 aromatic rings. The van der Waals surface area contributed by atoms with E-state index in [1.54, 1.807) is 0 Å². The van der Waals surface area contributed by atoms with Gasteiger partial charge in [0.15, 0.2) is 5.75 Å². The third kappa shape index (κ3) is 4.40. The van der Waals surface area contributed by atoms with Crippen molar-refractivity contribution < 1.29 is 24.4 Å². The summed E-state index contributed by atoms with van der Waals surface area (Å²) < 4.78 is 5.41. The van der Waals surface area contributed by atoms with E-state index in [9.17, 15) is 24.8 Å². The topological polar surface area (TPSA) is 131 Å². The average molecular weight is 397 g/mol. The minimum absolute atomic E-state index is 0.0410. The zero-order valence-electron chi connectivity index (χ0n) is 15.8. The number of phenolic OH excluding ortho intramolecular Hbond substituents is 1. The molecule has 1 aliphatic heterocycles. The largest absolute Gasteiger partial charge is 0.502 e. The lowest BCUT2D eigenvalue weighted by Crippen LogP contribution is -2.44. The van der Waals surface area contributed by atoms with Crippen LogP contribution in [0.5, 0.6) is 5.75 Å². The fourth-order valence-electron chi connectivity index (χ4n) is 3.11. The van der Waals surface area contributed by atoms with Crippen LogP contribution in [-0.4, -0.2) is 27.7 Å². The quantitative estimate of drug-likeness (QED) is 0.452. The number of nitro benzene ring substituents is 1. The van der Waals surface area contributed by atoms with Crippen LogP contribution in [0.1, 0.15) is 29.7 Å². The molecular weight excluding hydrogens is 378 g/mol. The summed E-state index contributed by atoms with van der Waals surface area (Å²) in [5.74, 6) is -2.08. The molecule has 3 rings (SSSR count). The van der Waals surface area contributed by atoms with Crippen molar-refractivity contribution in [2.75, 3.05) is 0 Å². The second kappa shape index (κ2) is 8.09. The number of hydrogen-bond donors (Lipinski definition) is 2. The molecule has 9 heteroatoms. The summed E-state index contributed by atoms with van der Waals surface area (Å²) >= 11 is 0. The summed E-state index contributed by atoms with van der Waals surface area (Å²) in [7, 11) is 0. The molecule has 2 atom stereocenters. The molecule has 29 heavy (non-hydrogen) atoms. The molecule has 1 aliphatic rings. The van der Waals surface area contributed by atoms with E-state index < -0.39 is 40.3 Å². The molecular formula is C20H19N3O6. The van der Waals surface area contributed by atoms with Crippen molar-refractivity contribution in [3.05, 3.63) is 69.3 Å². The third-order valence-corrected chi connectivity index (χ3v) is 4.65. The van der Waals surface area contributed by atoms with Crippen LogP contribution < -0.4 is 5.32 Å². The van der Waals surface area contributed by atoms with Gasteiger partial charge in [-0.15, -0.1) is 0 Å². The number of phenols is 1. The van der Waals surface area contributed by atoms with Crippen LogP contribution >= 0.6 is 0 Å². The summed E-state index contributed by atoms with van der Waals surface area (Å²) in [6.45, 7) is 3.51. The number of rotatable bonds is 5. The molecule has 0 bridgehead atoms. The zero-order valence-corrected chi connectivity index (χ0v) is 15.8. The zero-order chi connectivity index (χ0) is 21.1. The molecule has 2 unspecified atom stereocenters. The fourth-order valence-corrected chi connectivity index (χ4v) is 3.11. The normalized spacial score (nSPS) is 18.6. The molecule has 0 radical (unpaired) electrons. The highest BCUT2D eigenvalue weighted by Gasteiger charge is 2.38. The Bertz CT molecular complexity index is 1000. The van der Waals surface area contributed by atoms with E-state index in [1.165, 1.54) is 13.0 Å². The minimum Gasteiger partial charge on any atom is -0.502 e. The van der Waals surface area contributed by atoms with Crippen LogP contribution in [0.2, 0.25) is 0 Å². The van der Waals surface area contributed by atoms with Gasteiger partial charge < -0.3 is 15.2 Å². The first-order valence-corrected chi connectivity index (χ1v) is 8.81. The molecule has 0 fully saturated rings. The molecule has 2 aromatic carbocycles. The lowest BCUT2D eigenvalue weighted by molar-refractivity contribution is -0.385. The van der Waals surface area contributed by atoms with Gasteiger partial charge in [0.25, 0.3) is 0 Å². The molecule has 0 spiro atoms. The number of carbonyl (C=O) groups is 2. The Morgan fingerprint density at radius 1 is 1.24 bits per heavy atom. The minimum atomic E-state index is -0.956. The number of esters is 1. The monoisotopic (exact) mass is 397 g/mol. The number of nitrogens with zero attached hydrogens (tertiary/aromatic N) is 2. The molecule has 2 amide bonds. The van der Waals surface area contributed by atoms with Crippen molar-refractivity contribution in [1.29, 1.82) is 0 Å². The van der Waals surface area contributed by atoms with Gasteiger partial charge in [-0.3, -0.25) is 14.9 Å². The van der Waals surface area contributed by atoms with E-state index in [0.29, 0.717) is 0 Å². The standard InChI is InChI=1S/C20H19N3O6/c1-11-3-5-13(6-4-11)10-29-19(25)17-12(2)21-20(26)22-18(17)14-7-8-16(24)15(9-14)23(27)28/h3-9,17-18,24H,10H2,1-2H3,(H,22,26). The molecule has 1 heterocycles. The first kappa shape index (κ1) is 20.0. The first-order chi connectivity index (χ1) is 13.8. The SMILES string of the molecule is CC1=NC(=O)NC(c2ccc(O)c([N+](=O)[O-])c2)C1C(=O)OCc1ccc(C)cc1. The smallest absolute Gasteiger partial charge is 0.341 e. The van der Waals surface area contributed by atoms with E-state index in [2.05, 4.69) is 10.3 Å². The van der Waals surface area contributed by atoms with Crippen molar-refractivity contribution in [3.8, 4) is 5.75 Å². The fraction of sp³-hybridized carbons (Fsp3) is 0.250. The number of aliphatic imine (C=N–C) groups is 1. The Morgan fingerprint density at radius 2 is 1.93 bits per heavy atom. The van der Waals surface area contributed by atoms with E-state index in [1.807, 2.05) is 31.2 Å². The Kier molecular flexibility index (Phi) is 5.58. The molecule has 150 valence electrons. The van der Waals surface area contributed by atoms with Gasteiger partial charge in [0.2, 0.25) is 0 Å². The Hall–Kier alpha value is -3.75. The lowest BCUT2D eigenvalue weighted by Gasteiger charge is -2.29. The van der Waals surface area contributed by atoms with E-state index in [0.717, 1.165) is 23.3 Å². The van der Waals surface area contributed by atoms with Crippen LogP contribution in [-0.2, 0) is 16.1 Å². The molecule has 9 nitrogen and oxygen atoms in total. The van der Waals surface area contributed by atoms with Gasteiger partial charge in [0.05, 0.1) is 11.0 Å². The number of hydrogen-bond acceptors (Lipinski definition) is 6. The first-order valence-electron chi connectivity index (χ1n) is 8.81. The van der Waals surface area contributed by atoms with Crippen molar-refractivity contribution in [1.82, 2.24) is 5.32 Å². The van der Waals surface area contributed by atoms with Crippen molar-refractivity contribution in [2.45, 2.75) is 26.5 Å². The number of nitrogens with one attached hydrogen (secondary N) is 1. The number of urea groups is 1. The maximum absolute atomic E-state index is 12.8. The van der Waals surface area contributed by atoms with Crippen molar-refractivity contribution >= 4 is 23.4 Å². The lowest BCUT2D eigenvalue weighted by atomic mass is 9.88. The summed E-state index contributed by atoms with van der Waals surface area (Å²) in [5, 5.41) is 23.3. The summed E-state index contributed by atoms with van der Waals surface area (Å²) in [6.07, 6.45) is 0. The van der Waals surface area contributed by atoms with Crippen LogP contribution in [0.3, 0.4) is 0 Å². The Balaban J connectivity index is 1.87. The van der Waals surface area contributed by atoms with Gasteiger partial charge >= 0.3 is 17.7 Å². The highest BCUT2D eigenvalue weighted by molar-refractivity contribution is 6.08. The van der Waals surface area contributed by atoms with Gasteiger partial charge in [0, 0.05) is 11.8 Å². The molecule has 0 saturated heterocycles. The highest BCUT2D eigenvalue weighted by atomic mass is 16.6. The van der Waals surface area contributed by atoms with E-state index in [-0.39, 0.29) is 17.9 Å². The van der Waals surface area contributed by atoms with Crippen LogP contribution in [0.4, 0.5) is 10.5 Å². The number of ether oxygens (including phenoxy) is 1. The van der Waals surface area contributed by atoms with E-state index >= 15 is 0 Å². The number of nitro groups is 1. The highest BCUT2D eigenvalue weighted by Crippen LogP contribution is 2.34. The molecule has 0 saturated carbocycles. The number of amides is 2. The second-order valence-electron chi connectivity index (χ2n) is 6.76. The predicted octanol–water partition coefficient (Wildman–Crippen LogP) is 3.19. The van der Waals surface area contributed by atoms with Gasteiger partial charge in [0.1, 0.15) is 12.5 Å². The Morgan fingerprint density at radius 3 is 2.59 bits per heavy atom. The van der Waals surface area contributed by atoms with Crippen LogP contribution in [0.15, 0.2) is 47.5 Å². The van der Waals surface area contributed by atoms with Gasteiger partial charge in [-0.25, -0.2) is 9.79 Å². The molecule has 0 aliphatic carbocycles. The molecule has 2 N–H and O–H groups in total. The number of benzene rings is 2. The number of aryl methyl sites for hydroxylation is 1.